The normalized spacial score (nSPS) is 12.0. The van der Waals surface area contributed by atoms with Crippen LogP contribution in [0, 0.1) is 0 Å². The lowest BCUT2D eigenvalue weighted by Gasteiger charge is -2.08. The average molecular weight is 1050 g/mol. The van der Waals surface area contributed by atoms with Crippen molar-refractivity contribution < 1.29 is 0 Å². The highest BCUT2D eigenvalue weighted by molar-refractivity contribution is 7.30. The molecular weight excluding hydrogens is 989 g/mol. The molecule has 8 heterocycles. The second kappa shape index (κ2) is 21.6. The Morgan fingerprint density at radius 3 is 0.889 bits per heavy atom. The smallest absolute Gasteiger partial charge is 0.0491 e. The van der Waals surface area contributed by atoms with E-state index >= 15 is 0 Å². The fraction of sp³-hybridized carbons (Fsp3) is 0.250. The summed E-state index contributed by atoms with van der Waals surface area (Å²) in [5.74, 6) is 0. The number of hydrogen-bond acceptors (Lipinski definition) is 6. The predicted molar refractivity (Wildman–Crippen MR) is 325 cm³/mol. The van der Waals surface area contributed by atoms with Crippen molar-refractivity contribution >= 4 is 112 Å². The Morgan fingerprint density at radius 1 is 0.264 bits per heavy atom. The summed E-state index contributed by atoms with van der Waals surface area (Å²) in [5.41, 5.74) is 8.04. The Bertz CT molecular complexity index is 3530. The maximum Gasteiger partial charge on any atom is 0.0491 e. The molecule has 0 aliphatic rings. The highest BCUT2D eigenvalue weighted by Gasteiger charge is 2.18. The van der Waals surface area contributed by atoms with Crippen LogP contribution in [0.15, 0.2) is 158 Å². The number of aromatic nitrogens is 2. The standard InChI is InChI=1S/C64H60N2S6/c1-3-5-7-9-11-17-39-65-49-21-15-13-19-45(49)47-41-43(23-25-51(47)65)53-27-29-55(67-53)57-31-33-59(69-57)61-35-37-63(71-61)64-38-36-62(72-64)60-34-32-58(70-60)56-30-28-54(68-56)44-24-26-52-48(42-44)46-20-14-16-22-50(46)66(52)40-18-12-10-8-6-4-2/h13-16,19-38,41-42H,3-12,17-18,39-40H2,1-2H3. The van der Waals surface area contributed by atoms with Gasteiger partial charge in [-0.05, 0) is 133 Å². The summed E-state index contributed by atoms with van der Waals surface area (Å²) in [5, 5.41) is 5.46. The lowest BCUT2D eigenvalue weighted by atomic mass is 10.1. The van der Waals surface area contributed by atoms with Crippen LogP contribution < -0.4 is 0 Å². The van der Waals surface area contributed by atoms with E-state index in [9.17, 15) is 0 Å². The van der Waals surface area contributed by atoms with Crippen molar-refractivity contribution in [2.75, 3.05) is 0 Å². The highest BCUT2D eigenvalue weighted by Crippen LogP contribution is 2.48. The van der Waals surface area contributed by atoms with Gasteiger partial charge in [0, 0.05) is 115 Å². The van der Waals surface area contributed by atoms with Crippen molar-refractivity contribution in [2.24, 2.45) is 0 Å². The molecule has 362 valence electrons. The number of hydrogen-bond donors (Lipinski definition) is 0. The molecule has 4 aromatic carbocycles. The first-order valence-electron chi connectivity index (χ1n) is 26.2. The Hall–Kier alpha value is -5.32. The van der Waals surface area contributed by atoms with E-state index in [2.05, 4.69) is 181 Å². The Kier molecular flexibility index (Phi) is 14.3. The summed E-state index contributed by atoms with van der Waals surface area (Å²) in [4.78, 5) is 16.0. The molecule has 0 aliphatic heterocycles. The van der Waals surface area contributed by atoms with Gasteiger partial charge in [0.1, 0.15) is 0 Å². The molecule has 2 nitrogen and oxygen atoms in total. The molecule has 0 bridgehead atoms. The molecule has 0 saturated carbocycles. The predicted octanol–water partition coefficient (Wildman–Crippen LogP) is 22.7. The van der Waals surface area contributed by atoms with Crippen molar-refractivity contribution in [3.8, 4) is 69.7 Å². The number of nitrogens with zero attached hydrogens (tertiary/aromatic N) is 2. The van der Waals surface area contributed by atoms with Crippen LogP contribution in [-0.2, 0) is 13.1 Å². The molecular formula is C64H60N2S6. The van der Waals surface area contributed by atoms with Gasteiger partial charge in [-0.15, -0.1) is 68.0 Å². The molecule has 0 radical (unpaired) electrons. The number of thiophene rings is 6. The first kappa shape index (κ1) is 47.7. The van der Waals surface area contributed by atoms with Crippen LogP contribution in [0.5, 0.6) is 0 Å². The first-order valence-corrected chi connectivity index (χ1v) is 31.1. The molecule has 12 rings (SSSR count). The zero-order valence-electron chi connectivity index (χ0n) is 41.3. The van der Waals surface area contributed by atoms with Gasteiger partial charge in [-0.1, -0.05) is 127 Å². The Balaban J connectivity index is 0.710. The quantitative estimate of drug-likeness (QED) is 0.0635. The second-order valence-electron chi connectivity index (χ2n) is 19.3. The largest absolute Gasteiger partial charge is 0.340 e. The fourth-order valence-corrected chi connectivity index (χ4v) is 17.1. The minimum Gasteiger partial charge on any atom is -0.340 e. The topological polar surface area (TPSA) is 9.86 Å². The van der Waals surface area contributed by atoms with E-state index in [4.69, 9.17) is 0 Å². The van der Waals surface area contributed by atoms with Crippen LogP contribution in [0.4, 0.5) is 0 Å². The second-order valence-corrected chi connectivity index (χ2v) is 25.8. The summed E-state index contributed by atoms with van der Waals surface area (Å²) >= 11 is 11.5. The van der Waals surface area contributed by atoms with Gasteiger partial charge < -0.3 is 9.13 Å². The highest BCUT2D eigenvalue weighted by atomic mass is 32.1. The van der Waals surface area contributed by atoms with Gasteiger partial charge in [0.15, 0.2) is 0 Å². The minimum atomic E-state index is 1.08. The van der Waals surface area contributed by atoms with Crippen molar-refractivity contribution in [3.05, 3.63) is 158 Å². The zero-order valence-corrected chi connectivity index (χ0v) is 46.2. The number of benzene rings is 4. The van der Waals surface area contributed by atoms with E-state index in [1.165, 1.54) is 190 Å². The van der Waals surface area contributed by atoms with Gasteiger partial charge in [0.05, 0.1) is 0 Å². The third-order valence-corrected chi connectivity index (χ3v) is 22.0. The van der Waals surface area contributed by atoms with Crippen molar-refractivity contribution in [2.45, 2.75) is 104 Å². The van der Waals surface area contributed by atoms with Crippen LogP contribution in [-0.4, -0.2) is 9.13 Å². The van der Waals surface area contributed by atoms with Gasteiger partial charge >= 0.3 is 0 Å². The van der Waals surface area contributed by atoms with Crippen molar-refractivity contribution in [1.29, 1.82) is 0 Å². The number of rotatable bonds is 21. The molecule has 0 aliphatic carbocycles. The third-order valence-electron chi connectivity index (χ3n) is 14.4. The molecule has 12 aromatic rings. The number of aryl methyl sites for hydroxylation is 2. The molecule has 0 N–H and O–H groups in total. The van der Waals surface area contributed by atoms with E-state index in [0.29, 0.717) is 0 Å². The van der Waals surface area contributed by atoms with Crippen LogP contribution >= 0.6 is 68.0 Å². The maximum absolute atomic E-state index is 2.56. The summed E-state index contributed by atoms with van der Waals surface area (Å²) in [6, 6.07) is 60.1. The van der Waals surface area contributed by atoms with Crippen molar-refractivity contribution in [1.82, 2.24) is 9.13 Å². The van der Waals surface area contributed by atoms with Crippen LogP contribution in [0.25, 0.3) is 113 Å². The van der Waals surface area contributed by atoms with Gasteiger partial charge in [-0.3, -0.25) is 0 Å². The molecule has 0 saturated heterocycles. The Morgan fingerprint density at radius 2 is 0.542 bits per heavy atom. The van der Waals surface area contributed by atoms with Crippen LogP contribution in [0.3, 0.4) is 0 Å². The van der Waals surface area contributed by atoms with Crippen molar-refractivity contribution in [3.63, 3.8) is 0 Å². The van der Waals surface area contributed by atoms with E-state index in [1.807, 2.05) is 68.0 Å². The lowest BCUT2D eigenvalue weighted by Crippen LogP contribution is -1.97. The molecule has 8 heteroatoms. The molecule has 0 fully saturated rings. The lowest BCUT2D eigenvalue weighted by molar-refractivity contribution is 0.571. The average Bonchev–Trinajstić information content (AvgIpc) is 4.27. The molecule has 0 spiro atoms. The van der Waals surface area contributed by atoms with E-state index < -0.39 is 0 Å². The SMILES string of the molecule is CCCCCCCCn1c2ccccc2c2cc(-c3ccc(-c4ccc(-c5ccc(-c6ccc(-c7ccc(-c8ccc(-c9ccc%10c(c9)c9ccccc9n%10CCCCCCCC)s8)s7)s6)s5)s4)s3)ccc21. The van der Waals surface area contributed by atoms with Gasteiger partial charge in [0.2, 0.25) is 0 Å². The van der Waals surface area contributed by atoms with Crippen LogP contribution in [0.2, 0.25) is 0 Å². The molecule has 8 aromatic heterocycles. The van der Waals surface area contributed by atoms with Gasteiger partial charge in [-0.2, -0.15) is 0 Å². The fourth-order valence-electron chi connectivity index (χ4n) is 10.7. The summed E-state index contributed by atoms with van der Waals surface area (Å²) in [7, 11) is 0. The molecule has 0 atom stereocenters. The van der Waals surface area contributed by atoms with Crippen LogP contribution in [0.1, 0.15) is 90.9 Å². The number of fused-ring (bicyclic) bond motifs is 6. The van der Waals surface area contributed by atoms with E-state index in [0.717, 1.165) is 13.1 Å². The van der Waals surface area contributed by atoms with Gasteiger partial charge in [0.25, 0.3) is 0 Å². The number of para-hydroxylation sites is 2. The molecule has 0 unspecified atom stereocenters. The zero-order chi connectivity index (χ0) is 48.4. The number of unbranched alkanes of at least 4 members (excludes halogenated alkanes) is 10. The first-order chi connectivity index (χ1) is 35.6. The monoisotopic (exact) mass is 1050 g/mol. The summed E-state index contributed by atoms with van der Waals surface area (Å²) in [6.07, 6.45) is 15.8. The maximum atomic E-state index is 2.56. The third kappa shape index (κ3) is 9.67. The summed E-state index contributed by atoms with van der Waals surface area (Å²) < 4.78 is 5.12. The molecule has 0 amide bonds. The van der Waals surface area contributed by atoms with E-state index in [-0.39, 0.29) is 0 Å². The Labute approximate surface area is 448 Å². The molecule has 72 heavy (non-hydrogen) atoms. The van der Waals surface area contributed by atoms with Gasteiger partial charge in [-0.25, -0.2) is 0 Å². The summed E-state index contributed by atoms with van der Waals surface area (Å²) in [6.45, 7) is 6.75. The van der Waals surface area contributed by atoms with E-state index in [1.54, 1.807) is 0 Å². The minimum absolute atomic E-state index is 1.08.